The Hall–Kier alpha value is -1.11. The van der Waals surface area contributed by atoms with Gasteiger partial charge in [-0.2, -0.15) is 0 Å². The average Bonchev–Trinajstić information content (AvgIpc) is 2.99. The Balaban J connectivity index is 1.72. The number of nitrogens with two attached hydrogens (primary N) is 1. The lowest BCUT2D eigenvalue weighted by molar-refractivity contribution is 0.172. The summed E-state index contributed by atoms with van der Waals surface area (Å²) >= 11 is 1.84. The third-order valence-electron chi connectivity index (χ3n) is 3.69. The molecule has 1 saturated heterocycles. The Morgan fingerprint density at radius 1 is 1.62 bits per heavy atom. The van der Waals surface area contributed by atoms with E-state index in [2.05, 4.69) is 32.7 Å². The summed E-state index contributed by atoms with van der Waals surface area (Å²) in [6, 6.07) is 4.34. The summed E-state index contributed by atoms with van der Waals surface area (Å²) in [5.74, 6) is 1.14. The first-order valence-electron chi connectivity index (χ1n) is 7.55. The van der Waals surface area contributed by atoms with Crippen molar-refractivity contribution in [2.24, 2.45) is 16.6 Å². The molecular formula is C15H26N4OS. The topological polar surface area (TPSA) is 62.9 Å². The average molecular weight is 310 g/mol. The van der Waals surface area contributed by atoms with Gasteiger partial charge in [0.05, 0.1) is 6.61 Å². The van der Waals surface area contributed by atoms with Crippen molar-refractivity contribution in [1.29, 1.82) is 0 Å². The first-order valence-corrected chi connectivity index (χ1v) is 8.43. The number of aliphatic imine (C=N–C) groups is 1. The lowest BCUT2D eigenvalue weighted by Crippen LogP contribution is -2.38. The molecule has 0 aliphatic carbocycles. The van der Waals surface area contributed by atoms with E-state index in [0.717, 1.165) is 19.6 Å². The summed E-state index contributed by atoms with van der Waals surface area (Å²) < 4.78 is 4.97. The first kappa shape index (κ1) is 16.3. The van der Waals surface area contributed by atoms with Crippen LogP contribution in [0.25, 0.3) is 0 Å². The fraction of sp³-hybridized carbons (Fsp3) is 0.667. The van der Waals surface area contributed by atoms with Crippen LogP contribution in [0, 0.1) is 5.92 Å². The van der Waals surface area contributed by atoms with E-state index in [1.165, 1.54) is 24.3 Å². The number of hydrogen-bond acceptors (Lipinski definition) is 4. The number of nitrogens with zero attached hydrogens (tertiary/aromatic N) is 2. The molecular weight excluding hydrogens is 284 g/mol. The zero-order valence-corrected chi connectivity index (χ0v) is 13.6. The molecule has 0 radical (unpaired) electrons. The van der Waals surface area contributed by atoms with E-state index < -0.39 is 0 Å². The van der Waals surface area contributed by atoms with E-state index in [0.29, 0.717) is 25.0 Å². The van der Waals surface area contributed by atoms with Gasteiger partial charge in [-0.05, 0) is 36.8 Å². The van der Waals surface area contributed by atoms with Crippen molar-refractivity contribution in [2.45, 2.75) is 19.4 Å². The molecule has 21 heavy (non-hydrogen) atoms. The van der Waals surface area contributed by atoms with E-state index >= 15 is 0 Å². The SMILES string of the molecule is COCCNC(N)=NCC1CCCN(Cc2cccs2)C1. The molecule has 2 rings (SSSR count). The van der Waals surface area contributed by atoms with E-state index in [1.807, 2.05) is 11.3 Å². The first-order chi connectivity index (χ1) is 10.3. The summed E-state index contributed by atoms with van der Waals surface area (Å²) in [5, 5.41) is 5.21. The lowest BCUT2D eigenvalue weighted by atomic mass is 9.98. The molecule has 0 amide bonds. The Bertz CT molecular complexity index is 421. The minimum absolute atomic E-state index is 0.530. The molecule has 1 fully saturated rings. The minimum atomic E-state index is 0.530. The number of rotatable bonds is 7. The van der Waals surface area contributed by atoms with Crippen LogP contribution in [0.1, 0.15) is 17.7 Å². The molecule has 1 aromatic heterocycles. The Labute approximate surface area is 131 Å². The largest absolute Gasteiger partial charge is 0.383 e. The molecule has 118 valence electrons. The molecule has 3 N–H and O–H groups in total. The maximum Gasteiger partial charge on any atom is 0.188 e. The predicted molar refractivity (Wildman–Crippen MR) is 88.7 cm³/mol. The third-order valence-corrected chi connectivity index (χ3v) is 4.56. The molecule has 1 aromatic rings. The van der Waals surface area contributed by atoms with E-state index in [9.17, 15) is 0 Å². The summed E-state index contributed by atoms with van der Waals surface area (Å²) in [5.41, 5.74) is 5.85. The van der Waals surface area contributed by atoms with Gasteiger partial charge in [0.2, 0.25) is 0 Å². The van der Waals surface area contributed by atoms with Crippen molar-refractivity contribution in [1.82, 2.24) is 10.2 Å². The molecule has 2 heterocycles. The van der Waals surface area contributed by atoms with Gasteiger partial charge in [-0.15, -0.1) is 11.3 Å². The number of methoxy groups -OCH3 is 1. The van der Waals surface area contributed by atoms with Gasteiger partial charge >= 0.3 is 0 Å². The van der Waals surface area contributed by atoms with Gasteiger partial charge in [0, 0.05) is 38.2 Å². The fourth-order valence-electron chi connectivity index (χ4n) is 2.63. The zero-order valence-electron chi connectivity index (χ0n) is 12.8. The van der Waals surface area contributed by atoms with Crippen LogP contribution in [-0.2, 0) is 11.3 Å². The van der Waals surface area contributed by atoms with Crippen molar-refractivity contribution >= 4 is 17.3 Å². The highest BCUT2D eigenvalue weighted by atomic mass is 32.1. The second kappa shape index (κ2) is 9.02. The summed E-state index contributed by atoms with van der Waals surface area (Å²) in [4.78, 5) is 8.43. The van der Waals surface area contributed by atoms with Crippen LogP contribution in [0.2, 0.25) is 0 Å². The van der Waals surface area contributed by atoms with E-state index in [1.54, 1.807) is 7.11 Å². The molecule has 1 unspecified atom stereocenters. The number of nitrogens with one attached hydrogen (secondary N) is 1. The van der Waals surface area contributed by atoms with Gasteiger partial charge in [-0.3, -0.25) is 9.89 Å². The molecule has 0 spiro atoms. The van der Waals surface area contributed by atoms with Crippen LogP contribution in [0.15, 0.2) is 22.5 Å². The third kappa shape index (κ3) is 6.03. The minimum Gasteiger partial charge on any atom is -0.383 e. The molecule has 0 saturated carbocycles. The number of ether oxygens (including phenoxy) is 1. The Morgan fingerprint density at radius 2 is 2.52 bits per heavy atom. The van der Waals surface area contributed by atoms with Gasteiger partial charge in [-0.1, -0.05) is 6.07 Å². The van der Waals surface area contributed by atoms with Gasteiger partial charge in [0.25, 0.3) is 0 Å². The summed E-state index contributed by atoms with van der Waals surface area (Å²) in [7, 11) is 1.68. The van der Waals surface area contributed by atoms with Crippen LogP contribution in [0.4, 0.5) is 0 Å². The highest BCUT2D eigenvalue weighted by Gasteiger charge is 2.19. The predicted octanol–water partition coefficient (Wildman–Crippen LogP) is 1.51. The number of guanidine groups is 1. The Kier molecular flexibility index (Phi) is 6.99. The maximum atomic E-state index is 5.85. The zero-order chi connectivity index (χ0) is 14.9. The second-order valence-corrected chi connectivity index (χ2v) is 6.50. The number of hydrogen-bond donors (Lipinski definition) is 2. The normalized spacial score (nSPS) is 20.6. The van der Waals surface area contributed by atoms with Crippen LogP contribution >= 0.6 is 11.3 Å². The standard InChI is InChI=1S/C15H26N4OS/c1-20-8-6-17-15(16)18-10-13-4-2-7-19(11-13)12-14-5-3-9-21-14/h3,5,9,13H,2,4,6-8,10-12H2,1H3,(H3,16,17,18). The maximum absolute atomic E-state index is 5.85. The van der Waals surface area contributed by atoms with Crippen LogP contribution in [0.5, 0.6) is 0 Å². The van der Waals surface area contributed by atoms with Gasteiger partial charge in [0.1, 0.15) is 0 Å². The number of thiophene rings is 1. The van der Waals surface area contributed by atoms with Crippen molar-refractivity contribution in [3.63, 3.8) is 0 Å². The monoisotopic (exact) mass is 310 g/mol. The number of likely N-dealkylation sites (tertiary alicyclic amines) is 1. The smallest absolute Gasteiger partial charge is 0.188 e. The quantitative estimate of drug-likeness (QED) is 0.455. The summed E-state index contributed by atoms with van der Waals surface area (Å²) in [6.07, 6.45) is 2.50. The molecule has 0 aromatic carbocycles. The van der Waals surface area contributed by atoms with Gasteiger partial charge in [0.15, 0.2) is 5.96 Å². The molecule has 5 nitrogen and oxygen atoms in total. The highest BCUT2D eigenvalue weighted by molar-refractivity contribution is 7.09. The molecule has 1 aliphatic heterocycles. The molecule has 1 aliphatic rings. The lowest BCUT2D eigenvalue weighted by Gasteiger charge is -2.31. The molecule has 0 bridgehead atoms. The molecule has 6 heteroatoms. The highest BCUT2D eigenvalue weighted by Crippen LogP contribution is 2.20. The van der Waals surface area contributed by atoms with E-state index in [4.69, 9.17) is 10.5 Å². The van der Waals surface area contributed by atoms with Crippen LogP contribution < -0.4 is 11.1 Å². The second-order valence-electron chi connectivity index (χ2n) is 5.47. The van der Waals surface area contributed by atoms with Gasteiger partial charge < -0.3 is 15.8 Å². The summed E-state index contributed by atoms with van der Waals surface area (Å²) in [6.45, 7) is 5.55. The molecule has 1 atom stereocenters. The van der Waals surface area contributed by atoms with E-state index in [-0.39, 0.29) is 0 Å². The van der Waals surface area contributed by atoms with Crippen molar-refractivity contribution in [3.05, 3.63) is 22.4 Å². The Morgan fingerprint density at radius 3 is 3.29 bits per heavy atom. The fourth-order valence-corrected chi connectivity index (χ4v) is 3.38. The van der Waals surface area contributed by atoms with Crippen LogP contribution in [-0.4, -0.2) is 50.8 Å². The van der Waals surface area contributed by atoms with Crippen molar-refractivity contribution in [3.8, 4) is 0 Å². The van der Waals surface area contributed by atoms with Crippen molar-refractivity contribution < 1.29 is 4.74 Å². The number of piperidine rings is 1. The van der Waals surface area contributed by atoms with Gasteiger partial charge in [-0.25, -0.2) is 0 Å². The van der Waals surface area contributed by atoms with Crippen molar-refractivity contribution in [2.75, 3.05) is 39.9 Å². The van der Waals surface area contributed by atoms with Crippen LogP contribution in [0.3, 0.4) is 0 Å².